The average Bonchev–Trinajstić information content (AvgIpc) is 2.32. The van der Waals surface area contributed by atoms with Gasteiger partial charge in [0.1, 0.15) is 11.6 Å². The number of carboxylic acid groups (broad SMARTS) is 1. The number of carboxylic acids is 1. The predicted molar refractivity (Wildman–Crippen MR) is 63.8 cm³/mol. The normalized spacial score (nSPS) is 10.4. The second-order valence-electron chi connectivity index (χ2n) is 3.62. The van der Waals surface area contributed by atoms with Gasteiger partial charge in [0.2, 0.25) is 0 Å². The van der Waals surface area contributed by atoms with Gasteiger partial charge in [-0.25, -0.2) is 13.6 Å². The Balaban J connectivity index is 2.65. The third-order valence-corrected chi connectivity index (χ3v) is 2.73. The van der Waals surface area contributed by atoms with Crippen LogP contribution in [0.1, 0.15) is 10.4 Å². The monoisotopic (exact) mass is 268 g/mol. The topological polar surface area (TPSA) is 37.3 Å². The molecule has 0 atom stereocenters. The molecule has 0 aromatic heterocycles. The van der Waals surface area contributed by atoms with Crippen LogP contribution in [0.25, 0.3) is 11.1 Å². The van der Waals surface area contributed by atoms with Gasteiger partial charge >= 0.3 is 5.97 Å². The lowest BCUT2D eigenvalue weighted by Crippen LogP contribution is -2.00. The standard InChI is InChI=1S/C13H7ClF2O2/c14-11-5-7(1-4-12(11)16)10-6-8(15)2-3-9(10)13(17)18/h1-6H,(H,17,18). The molecule has 5 heteroatoms. The smallest absolute Gasteiger partial charge is 0.336 e. The van der Waals surface area contributed by atoms with Crippen molar-refractivity contribution in [3.05, 3.63) is 58.6 Å². The molecule has 18 heavy (non-hydrogen) atoms. The molecule has 0 saturated heterocycles. The van der Waals surface area contributed by atoms with Crippen LogP contribution in [0.15, 0.2) is 36.4 Å². The van der Waals surface area contributed by atoms with E-state index >= 15 is 0 Å². The highest BCUT2D eigenvalue weighted by Gasteiger charge is 2.13. The van der Waals surface area contributed by atoms with E-state index in [1.807, 2.05) is 0 Å². The van der Waals surface area contributed by atoms with Gasteiger partial charge in [-0.05, 0) is 41.5 Å². The van der Waals surface area contributed by atoms with E-state index < -0.39 is 17.6 Å². The summed E-state index contributed by atoms with van der Waals surface area (Å²) in [7, 11) is 0. The van der Waals surface area contributed by atoms with Gasteiger partial charge in [0.15, 0.2) is 0 Å². The van der Waals surface area contributed by atoms with E-state index in [0.29, 0.717) is 5.56 Å². The maximum Gasteiger partial charge on any atom is 0.336 e. The van der Waals surface area contributed by atoms with Gasteiger partial charge in [0, 0.05) is 0 Å². The molecular weight excluding hydrogens is 262 g/mol. The van der Waals surface area contributed by atoms with Crippen molar-refractivity contribution in [1.82, 2.24) is 0 Å². The summed E-state index contributed by atoms with van der Waals surface area (Å²) in [5, 5.41) is 8.87. The molecule has 1 N–H and O–H groups in total. The molecular formula is C13H7ClF2O2. The summed E-state index contributed by atoms with van der Waals surface area (Å²) in [4.78, 5) is 11.0. The lowest BCUT2D eigenvalue weighted by atomic mass is 9.99. The minimum Gasteiger partial charge on any atom is -0.478 e. The summed E-state index contributed by atoms with van der Waals surface area (Å²) in [5.74, 6) is -2.38. The zero-order valence-electron chi connectivity index (χ0n) is 8.95. The molecule has 0 aliphatic rings. The molecule has 0 fully saturated rings. The summed E-state index contributed by atoms with van der Waals surface area (Å²) >= 11 is 5.62. The first-order valence-electron chi connectivity index (χ1n) is 4.97. The number of halogens is 3. The maximum atomic E-state index is 13.2. The fourth-order valence-corrected chi connectivity index (χ4v) is 1.79. The van der Waals surface area contributed by atoms with E-state index in [1.54, 1.807) is 0 Å². The van der Waals surface area contributed by atoms with Crippen molar-refractivity contribution in [1.29, 1.82) is 0 Å². The third kappa shape index (κ3) is 2.33. The first kappa shape index (κ1) is 12.5. The Bertz CT molecular complexity index is 626. The van der Waals surface area contributed by atoms with E-state index in [-0.39, 0.29) is 16.1 Å². The van der Waals surface area contributed by atoms with Crippen molar-refractivity contribution in [2.75, 3.05) is 0 Å². The van der Waals surface area contributed by atoms with Gasteiger partial charge in [-0.2, -0.15) is 0 Å². The average molecular weight is 269 g/mol. The first-order valence-corrected chi connectivity index (χ1v) is 5.35. The van der Waals surface area contributed by atoms with E-state index in [4.69, 9.17) is 16.7 Å². The summed E-state index contributed by atoms with van der Waals surface area (Å²) in [6.07, 6.45) is 0. The van der Waals surface area contributed by atoms with Gasteiger partial charge in [-0.1, -0.05) is 17.7 Å². The van der Waals surface area contributed by atoms with Crippen LogP contribution in [-0.2, 0) is 0 Å². The largest absolute Gasteiger partial charge is 0.478 e. The highest BCUT2D eigenvalue weighted by atomic mass is 35.5. The number of hydrogen-bond acceptors (Lipinski definition) is 1. The molecule has 0 unspecified atom stereocenters. The summed E-state index contributed by atoms with van der Waals surface area (Å²) in [6.45, 7) is 0. The lowest BCUT2D eigenvalue weighted by molar-refractivity contribution is 0.0697. The first-order chi connectivity index (χ1) is 8.49. The van der Waals surface area contributed by atoms with Crippen molar-refractivity contribution in [3.8, 4) is 11.1 Å². The van der Waals surface area contributed by atoms with Crippen LogP contribution in [0.3, 0.4) is 0 Å². The SMILES string of the molecule is O=C(O)c1ccc(F)cc1-c1ccc(F)c(Cl)c1. The molecule has 2 aromatic rings. The van der Waals surface area contributed by atoms with Gasteiger partial charge in [0.25, 0.3) is 0 Å². The van der Waals surface area contributed by atoms with Crippen LogP contribution in [0, 0.1) is 11.6 Å². The van der Waals surface area contributed by atoms with Crippen LogP contribution in [0.2, 0.25) is 5.02 Å². The summed E-state index contributed by atoms with van der Waals surface area (Å²) < 4.78 is 26.2. The Hall–Kier alpha value is -1.94. The molecule has 0 aliphatic heterocycles. The number of rotatable bonds is 2. The Labute approximate surface area is 106 Å². The van der Waals surface area contributed by atoms with Crippen LogP contribution >= 0.6 is 11.6 Å². The molecule has 0 bridgehead atoms. The number of carbonyl (C=O) groups is 1. The minimum absolute atomic E-state index is 0.0703. The van der Waals surface area contributed by atoms with Crippen molar-refractivity contribution >= 4 is 17.6 Å². The van der Waals surface area contributed by atoms with E-state index in [9.17, 15) is 13.6 Å². The lowest BCUT2D eigenvalue weighted by Gasteiger charge is -2.07. The fourth-order valence-electron chi connectivity index (χ4n) is 1.61. The molecule has 2 rings (SSSR count). The quantitative estimate of drug-likeness (QED) is 0.894. The molecule has 0 radical (unpaired) electrons. The molecule has 0 aliphatic carbocycles. The van der Waals surface area contributed by atoms with Gasteiger partial charge in [-0.15, -0.1) is 0 Å². The molecule has 0 amide bonds. The second kappa shape index (κ2) is 4.74. The van der Waals surface area contributed by atoms with Crippen molar-refractivity contribution in [2.24, 2.45) is 0 Å². The zero-order chi connectivity index (χ0) is 13.3. The minimum atomic E-state index is -1.19. The van der Waals surface area contributed by atoms with Crippen LogP contribution in [0.4, 0.5) is 8.78 Å². The Morgan fingerprint density at radius 2 is 1.83 bits per heavy atom. The van der Waals surface area contributed by atoms with E-state index in [1.165, 1.54) is 12.1 Å². The highest BCUT2D eigenvalue weighted by Crippen LogP contribution is 2.28. The molecule has 0 saturated carbocycles. The predicted octanol–water partition coefficient (Wildman–Crippen LogP) is 3.98. The van der Waals surface area contributed by atoms with E-state index in [0.717, 1.165) is 24.3 Å². The number of benzene rings is 2. The second-order valence-corrected chi connectivity index (χ2v) is 4.03. The van der Waals surface area contributed by atoms with Crippen LogP contribution in [-0.4, -0.2) is 11.1 Å². The molecule has 2 nitrogen and oxygen atoms in total. The maximum absolute atomic E-state index is 13.2. The number of hydrogen-bond donors (Lipinski definition) is 1. The summed E-state index contributed by atoms with van der Waals surface area (Å²) in [5.41, 5.74) is 0.432. The Morgan fingerprint density at radius 3 is 2.44 bits per heavy atom. The van der Waals surface area contributed by atoms with Crippen LogP contribution in [0.5, 0.6) is 0 Å². The summed E-state index contributed by atoms with van der Waals surface area (Å²) in [6, 6.07) is 7.00. The molecule has 2 aromatic carbocycles. The molecule has 0 heterocycles. The van der Waals surface area contributed by atoms with E-state index in [2.05, 4.69) is 0 Å². The Morgan fingerprint density at radius 1 is 1.11 bits per heavy atom. The highest BCUT2D eigenvalue weighted by molar-refractivity contribution is 6.31. The fraction of sp³-hybridized carbons (Fsp3) is 0. The van der Waals surface area contributed by atoms with Gasteiger partial charge in [0.05, 0.1) is 10.6 Å². The molecule has 0 spiro atoms. The van der Waals surface area contributed by atoms with Crippen LogP contribution < -0.4 is 0 Å². The van der Waals surface area contributed by atoms with Crippen molar-refractivity contribution in [2.45, 2.75) is 0 Å². The van der Waals surface area contributed by atoms with Gasteiger partial charge in [-0.3, -0.25) is 0 Å². The van der Waals surface area contributed by atoms with Crippen molar-refractivity contribution in [3.63, 3.8) is 0 Å². The van der Waals surface area contributed by atoms with Crippen molar-refractivity contribution < 1.29 is 18.7 Å². The number of aromatic carboxylic acids is 1. The molecule has 92 valence electrons. The zero-order valence-corrected chi connectivity index (χ0v) is 9.71. The Kier molecular flexibility index (Phi) is 3.30. The van der Waals surface area contributed by atoms with Gasteiger partial charge < -0.3 is 5.11 Å². The third-order valence-electron chi connectivity index (χ3n) is 2.44.